The summed E-state index contributed by atoms with van der Waals surface area (Å²) in [4.78, 5) is 26.5. The van der Waals surface area contributed by atoms with Crippen LogP contribution in [0.3, 0.4) is 0 Å². The molecule has 0 atom stereocenters. The smallest absolute Gasteiger partial charge is 0.263 e. The third-order valence-electron chi connectivity index (χ3n) is 6.51. The maximum Gasteiger partial charge on any atom is 0.263 e. The first-order valence-corrected chi connectivity index (χ1v) is 13.6. The number of thioether (sulfide) groups is 1. The fraction of sp³-hybridized carbons (Fsp3) is 0.161. The van der Waals surface area contributed by atoms with E-state index in [0.29, 0.717) is 22.7 Å². The van der Waals surface area contributed by atoms with Gasteiger partial charge in [0.15, 0.2) is 0 Å². The number of methoxy groups -OCH3 is 2. The highest BCUT2D eigenvalue weighted by atomic mass is 32.2. The largest absolute Gasteiger partial charge is 0.496 e. The Morgan fingerprint density at radius 3 is 2.13 bits per heavy atom. The molecule has 8 heteroatoms. The Bertz CT molecular complexity index is 1640. The van der Waals surface area contributed by atoms with Crippen LogP contribution in [-0.2, 0) is 11.3 Å². The van der Waals surface area contributed by atoms with Crippen molar-refractivity contribution in [3.63, 3.8) is 0 Å². The molecule has 0 fully saturated rings. The minimum Gasteiger partial charge on any atom is -0.496 e. The van der Waals surface area contributed by atoms with Crippen LogP contribution >= 0.6 is 11.8 Å². The molecular formula is C31H29N3O4S. The number of aromatic nitrogens is 1. The zero-order chi connectivity index (χ0) is 27.4. The first kappa shape index (κ1) is 26.2. The molecule has 0 bridgehead atoms. The Labute approximate surface area is 231 Å². The van der Waals surface area contributed by atoms with E-state index in [-0.39, 0.29) is 17.6 Å². The molecule has 0 saturated heterocycles. The third-order valence-corrected chi connectivity index (χ3v) is 7.52. The van der Waals surface area contributed by atoms with Crippen LogP contribution in [-0.4, -0.2) is 36.4 Å². The van der Waals surface area contributed by atoms with Crippen LogP contribution in [0.2, 0.25) is 0 Å². The lowest BCUT2D eigenvalue weighted by molar-refractivity contribution is -0.113. The van der Waals surface area contributed by atoms with Crippen molar-refractivity contribution in [1.29, 1.82) is 0 Å². The van der Waals surface area contributed by atoms with Crippen molar-refractivity contribution >= 4 is 56.8 Å². The molecule has 4 aromatic carbocycles. The Morgan fingerprint density at radius 2 is 1.44 bits per heavy atom. The Balaban J connectivity index is 1.21. The lowest BCUT2D eigenvalue weighted by atomic mass is 10.1. The maximum absolute atomic E-state index is 12.9. The number of ether oxygens (including phenoxy) is 2. The van der Waals surface area contributed by atoms with Crippen LogP contribution < -0.4 is 20.1 Å². The Hall–Kier alpha value is -4.43. The molecule has 0 aliphatic heterocycles. The quantitative estimate of drug-likeness (QED) is 0.201. The predicted molar refractivity (Wildman–Crippen MR) is 158 cm³/mol. The van der Waals surface area contributed by atoms with Crippen LogP contribution in [0.5, 0.6) is 11.5 Å². The third kappa shape index (κ3) is 5.42. The van der Waals surface area contributed by atoms with Crippen LogP contribution in [0.1, 0.15) is 17.3 Å². The van der Waals surface area contributed by atoms with Crippen molar-refractivity contribution in [2.75, 3.05) is 30.6 Å². The summed E-state index contributed by atoms with van der Waals surface area (Å²) in [5.41, 5.74) is 4.08. The van der Waals surface area contributed by atoms with Gasteiger partial charge in [-0.3, -0.25) is 9.59 Å². The van der Waals surface area contributed by atoms with Gasteiger partial charge in [0.2, 0.25) is 5.91 Å². The molecule has 2 N–H and O–H groups in total. The van der Waals surface area contributed by atoms with Gasteiger partial charge in [0.1, 0.15) is 17.1 Å². The lowest BCUT2D eigenvalue weighted by Crippen LogP contribution is -2.14. The van der Waals surface area contributed by atoms with E-state index < -0.39 is 0 Å². The van der Waals surface area contributed by atoms with Crippen molar-refractivity contribution in [3.05, 3.63) is 90.5 Å². The van der Waals surface area contributed by atoms with Crippen molar-refractivity contribution in [3.8, 4) is 11.5 Å². The Kier molecular flexibility index (Phi) is 7.74. The highest BCUT2D eigenvalue weighted by molar-refractivity contribution is 8.00. The normalized spacial score (nSPS) is 10.9. The van der Waals surface area contributed by atoms with Crippen molar-refractivity contribution < 1.29 is 19.1 Å². The van der Waals surface area contributed by atoms with Gasteiger partial charge in [-0.05, 0) is 67.6 Å². The minimum atomic E-state index is -0.330. The summed E-state index contributed by atoms with van der Waals surface area (Å²) in [6.45, 7) is 3.01. The van der Waals surface area contributed by atoms with E-state index in [4.69, 9.17) is 9.47 Å². The number of aryl methyl sites for hydroxylation is 1. The van der Waals surface area contributed by atoms with E-state index in [2.05, 4.69) is 40.3 Å². The van der Waals surface area contributed by atoms with E-state index >= 15 is 0 Å². The van der Waals surface area contributed by atoms with E-state index in [1.54, 1.807) is 30.3 Å². The number of hydrogen-bond donors (Lipinski definition) is 2. The van der Waals surface area contributed by atoms with Crippen LogP contribution in [0.25, 0.3) is 21.8 Å². The fourth-order valence-electron chi connectivity index (χ4n) is 4.72. The van der Waals surface area contributed by atoms with Gasteiger partial charge >= 0.3 is 0 Å². The molecule has 1 aromatic heterocycles. The molecule has 0 saturated carbocycles. The van der Waals surface area contributed by atoms with Gasteiger partial charge in [0, 0.05) is 44.6 Å². The van der Waals surface area contributed by atoms with E-state index in [1.807, 2.05) is 36.4 Å². The molecule has 0 aliphatic rings. The molecule has 0 spiro atoms. The van der Waals surface area contributed by atoms with E-state index in [1.165, 1.54) is 36.9 Å². The molecule has 198 valence electrons. The first-order chi connectivity index (χ1) is 19.0. The van der Waals surface area contributed by atoms with Gasteiger partial charge in [-0.1, -0.05) is 24.3 Å². The number of hydrogen-bond acceptors (Lipinski definition) is 5. The second-order valence-electron chi connectivity index (χ2n) is 8.85. The molecular weight excluding hydrogens is 510 g/mol. The number of nitrogens with one attached hydrogen (secondary N) is 2. The van der Waals surface area contributed by atoms with Crippen LogP contribution in [0, 0.1) is 0 Å². The second-order valence-corrected chi connectivity index (χ2v) is 9.89. The SMILES string of the molecule is CCn1c2ccccc2c2cc(NC(=O)CSc3ccc(NC(=O)c4c(OC)cccc4OC)cc3)ccc21. The summed E-state index contributed by atoms with van der Waals surface area (Å²) in [6, 6.07) is 26.9. The van der Waals surface area contributed by atoms with Gasteiger partial charge in [-0.15, -0.1) is 11.8 Å². The van der Waals surface area contributed by atoms with Gasteiger partial charge in [0.05, 0.1) is 20.0 Å². The number of anilines is 2. The van der Waals surface area contributed by atoms with E-state index in [9.17, 15) is 9.59 Å². The fourth-order valence-corrected chi connectivity index (χ4v) is 5.42. The van der Waals surface area contributed by atoms with Gasteiger partial charge < -0.3 is 24.7 Å². The summed E-state index contributed by atoms with van der Waals surface area (Å²) in [7, 11) is 3.02. The zero-order valence-corrected chi connectivity index (χ0v) is 22.8. The number of benzene rings is 4. The average molecular weight is 540 g/mol. The predicted octanol–water partition coefficient (Wildman–Crippen LogP) is 6.81. The highest BCUT2D eigenvalue weighted by Crippen LogP contribution is 2.32. The topological polar surface area (TPSA) is 81.6 Å². The molecule has 5 aromatic rings. The molecule has 1 heterocycles. The van der Waals surface area contributed by atoms with Crippen LogP contribution in [0.4, 0.5) is 11.4 Å². The highest BCUT2D eigenvalue weighted by Gasteiger charge is 2.18. The molecule has 7 nitrogen and oxygen atoms in total. The number of carbonyl (C=O) groups excluding carboxylic acids is 2. The van der Waals surface area contributed by atoms with Crippen molar-refractivity contribution in [1.82, 2.24) is 4.57 Å². The zero-order valence-electron chi connectivity index (χ0n) is 22.0. The van der Waals surface area contributed by atoms with Crippen molar-refractivity contribution in [2.24, 2.45) is 0 Å². The average Bonchev–Trinajstić information content (AvgIpc) is 3.29. The van der Waals surface area contributed by atoms with Gasteiger partial charge in [-0.25, -0.2) is 0 Å². The minimum absolute atomic E-state index is 0.0840. The number of nitrogens with zero attached hydrogens (tertiary/aromatic N) is 1. The number of fused-ring (bicyclic) bond motifs is 3. The number of rotatable bonds is 9. The second kappa shape index (κ2) is 11.5. The van der Waals surface area contributed by atoms with Gasteiger partial charge in [-0.2, -0.15) is 0 Å². The molecule has 39 heavy (non-hydrogen) atoms. The molecule has 0 unspecified atom stereocenters. The number of amides is 2. The summed E-state index contributed by atoms with van der Waals surface area (Å²) in [5, 5.41) is 8.20. The number of para-hydroxylation sites is 1. The van der Waals surface area contributed by atoms with E-state index in [0.717, 1.165) is 28.0 Å². The number of carbonyl (C=O) groups is 2. The molecule has 0 aliphatic carbocycles. The summed E-state index contributed by atoms with van der Waals surface area (Å²) in [5.74, 6) is 0.710. The monoisotopic (exact) mass is 539 g/mol. The lowest BCUT2D eigenvalue weighted by Gasteiger charge is -2.13. The Morgan fingerprint density at radius 1 is 0.769 bits per heavy atom. The molecule has 2 amide bonds. The van der Waals surface area contributed by atoms with Crippen molar-refractivity contribution in [2.45, 2.75) is 18.4 Å². The van der Waals surface area contributed by atoms with Crippen LogP contribution in [0.15, 0.2) is 89.8 Å². The summed E-state index contributed by atoms with van der Waals surface area (Å²) >= 11 is 1.43. The molecule has 0 radical (unpaired) electrons. The first-order valence-electron chi connectivity index (χ1n) is 12.6. The van der Waals surface area contributed by atoms with Gasteiger partial charge in [0.25, 0.3) is 5.91 Å². The standard InChI is InChI=1S/C31H29N3O4S/c1-4-34-25-9-6-5-8-23(25)24-18-21(14-17-26(24)34)32-29(35)19-39-22-15-12-20(13-16-22)33-31(36)30-27(37-2)10-7-11-28(30)38-3/h5-18H,4,19H2,1-3H3,(H,32,35)(H,33,36). The maximum atomic E-state index is 12.9. The summed E-state index contributed by atoms with van der Waals surface area (Å²) < 4.78 is 12.9. The summed E-state index contributed by atoms with van der Waals surface area (Å²) in [6.07, 6.45) is 0. The molecule has 5 rings (SSSR count).